The van der Waals surface area contributed by atoms with Crippen LogP contribution in [0, 0.1) is 19.8 Å². The minimum absolute atomic E-state index is 0.103. The zero-order valence-electron chi connectivity index (χ0n) is 34.9. The predicted molar refractivity (Wildman–Crippen MR) is 232 cm³/mol. The number of para-hydroxylation sites is 1. The fourth-order valence-electron chi connectivity index (χ4n) is 10.1. The Bertz CT molecular complexity index is 2580. The minimum atomic E-state index is -0.960. The molecule has 0 aliphatic carbocycles. The number of anilines is 5. The molecule has 15 heteroatoms. The Hall–Kier alpha value is -6.19. The number of rotatable bonds is 9. The number of carbonyl (C=O) groups is 4. The number of nitrogens with zero attached hydrogens (tertiary/aromatic N) is 8. The van der Waals surface area contributed by atoms with Crippen molar-refractivity contribution in [2.45, 2.75) is 71.0 Å². The molecule has 2 unspecified atom stereocenters. The maximum atomic E-state index is 13.4. The van der Waals surface area contributed by atoms with Crippen LogP contribution < -0.4 is 20.9 Å². The Morgan fingerprint density at radius 1 is 0.820 bits per heavy atom. The van der Waals surface area contributed by atoms with E-state index in [-0.39, 0.29) is 18.7 Å². The summed E-state index contributed by atoms with van der Waals surface area (Å²) in [6, 6.07) is 17.9. The molecule has 61 heavy (non-hydrogen) atoms. The van der Waals surface area contributed by atoms with Crippen molar-refractivity contribution >= 4 is 63.5 Å². The first-order valence-corrected chi connectivity index (χ1v) is 21.5. The van der Waals surface area contributed by atoms with E-state index in [2.05, 4.69) is 85.9 Å². The van der Waals surface area contributed by atoms with Gasteiger partial charge in [0.15, 0.2) is 11.5 Å². The van der Waals surface area contributed by atoms with E-state index in [9.17, 15) is 19.2 Å². The van der Waals surface area contributed by atoms with Crippen LogP contribution in [0.2, 0.25) is 0 Å². The lowest BCUT2D eigenvalue weighted by Gasteiger charge is -2.41. The van der Waals surface area contributed by atoms with Crippen LogP contribution in [0.4, 0.5) is 28.8 Å². The first kappa shape index (κ1) is 39.0. The van der Waals surface area contributed by atoms with Gasteiger partial charge in [-0.05, 0) is 118 Å². The van der Waals surface area contributed by atoms with Crippen LogP contribution in [0.5, 0.6) is 0 Å². The number of benzene rings is 3. The van der Waals surface area contributed by atoms with Gasteiger partial charge in [-0.1, -0.05) is 24.3 Å². The Labute approximate surface area is 354 Å². The van der Waals surface area contributed by atoms with E-state index in [1.54, 1.807) is 10.7 Å². The molecular weight excluding hydrogens is 771 g/mol. The summed E-state index contributed by atoms with van der Waals surface area (Å²) in [4.78, 5) is 68.9. The SMILES string of the molecule is Cc1cccc(C)c1Nc1nn(C)c2nc(Nc3ccc4c(c3)CN(C3CCN(CC5CCN(c6ccc7c(c6)C(=O)N(C6CCC(=O)NC6=O)C7=O)C5)CC3)CC4)ncc12. The number of nitrogens with one attached hydrogen (secondary N) is 3. The summed E-state index contributed by atoms with van der Waals surface area (Å²) in [6.45, 7) is 11.2. The second kappa shape index (κ2) is 15.7. The van der Waals surface area contributed by atoms with E-state index in [0.717, 1.165) is 121 Å². The highest BCUT2D eigenvalue weighted by molar-refractivity contribution is 6.23. The molecule has 0 spiro atoms. The molecule has 2 aromatic heterocycles. The summed E-state index contributed by atoms with van der Waals surface area (Å²) in [6.07, 6.45) is 6.49. The maximum absolute atomic E-state index is 13.4. The van der Waals surface area contributed by atoms with Gasteiger partial charge in [-0.25, -0.2) is 9.67 Å². The number of aryl methyl sites for hydroxylation is 3. The average molecular weight is 822 g/mol. The molecule has 0 radical (unpaired) electrons. The fourth-order valence-corrected chi connectivity index (χ4v) is 10.1. The number of hydrogen-bond acceptors (Lipinski definition) is 12. The molecule has 3 aromatic carbocycles. The molecule has 15 nitrogen and oxygen atoms in total. The lowest BCUT2D eigenvalue weighted by molar-refractivity contribution is -0.136. The van der Waals surface area contributed by atoms with E-state index in [1.807, 2.05) is 25.4 Å². The highest BCUT2D eigenvalue weighted by atomic mass is 16.2. The molecule has 5 aliphatic heterocycles. The van der Waals surface area contributed by atoms with Gasteiger partial charge in [-0.3, -0.25) is 34.3 Å². The highest BCUT2D eigenvalue weighted by Gasteiger charge is 2.45. The van der Waals surface area contributed by atoms with Crippen LogP contribution in [0.25, 0.3) is 11.0 Å². The first-order valence-electron chi connectivity index (χ1n) is 21.5. The first-order chi connectivity index (χ1) is 29.6. The monoisotopic (exact) mass is 821 g/mol. The molecule has 10 rings (SSSR count). The van der Waals surface area contributed by atoms with E-state index in [4.69, 9.17) is 10.1 Å². The summed E-state index contributed by atoms with van der Waals surface area (Å²) in [5, 5.41) is 14.8. The zero-order valence-corrected chi connectivity index (χ0v) is 34.9. The molecule has 3 saturated heterocycles. The van der Waals surface area contributed by atoms with E-state index >= 15 is 0 Å². The zero-order chi connectivity index (χ0) is 41.9. The van der Waals surface area contributed by atoms with Gasteiger partial charge in [-0.2, -0.15) is 10.1 Å². The van der Waals surface area contributed by atoms with E-state index in [0.29, 0.717) is 29.0 Å². The number of piperidine rings is 2. The molecule has 5 aromatic rings. The van der Waals surface area contributed by atoms with Crippen molar-refractivity contribution in [1.29, 1.82) is 0 Å². The predicted octanol–water partition coefficient (Wildman–Crippen LogP) is 5.22. The van der Waals surface area contributed by atoms with Crippen LogP contribution in [-0.4, -0.2) is 109 Å². The third kappa shape index (κ3) is 7.39. The van der Waals surface area contributed by atoms with Gasteiger partial charge in [0.25, 0.3) is 11.8 Å². The molecule has 3 N–H and O–H groups in total. The summed E-state index contributed by atoms with van der Waals surface area (Å²) in [5.74, 6) is -0.118. The maximum Gasteiger partial charge on any atom is 0.262 e. The Morgan fingerprint density at radius 3 is 2.43 bits per heavy atom. The van der Waals surface area contributed by atoms with E-state index in [1.165, 1.54) is 11.1 Å². The molecule has 7 heterocycles. The van der Waals surface area contributed by atoms with Gasteiger partial charge in [0.05, 0.1) is 16.5 Å². The molecule has 0 bridgehead atoms. The van der Waals surface area contributed by atoms with Crippen molar-refractivity contribution in [3.05, 3.63) is 94.2 Å². The number of imide groups is 2. The number of hydrogen-bond donors (Lipinski definition) is 3. The number of carbonyl (C=O) groups excluding carboxylic acids is 4. The smallest absolute Gasteiger partial charge is 0.262 e. The van der Waals surface area contributed by atoms with Gasteiger partial charge in [0, 0.05) is 75.5 Å². The summed E-state index contributed by atoms with van der Waals surface area (Å²) in [7, 11) is 1.91. The Kier molecular flexibility index (Phi) is 10.0. The average Bonchev–Trinajstić information content (AvgIpc) is 3.92. The van der Waals surface area contributed by atoms with Gasteiger partial charge < -0.3 is 20.4 Å². The van der Waals surface area contributed by atoms with Crippen molar-refractivity contribution < 1.29 is 19.2 Å². The van der Waals surface area contributed by atoms with Crippen LogP contribution in [-0.2, 0) is 29.6 Å². The molecular formula is C46H51N11O4. The second-order valence-corrected chi connectivity index (χ2v) is 17.4. The van der Waals surface area contributed by atoms with Crippen LogP contribution in [0.1, 0.15) is 75.1 Å². The molecule has 4 amide bonds. The molecule has 0 saturated carbocycles. The molecule has 2 atom stereocenters. The third-order valence-electron chi connectivity index (χ3n) is 13.5. The second-order valence-electron chi connectivity index (χ2n) is 17.4. The lowest BCUT2D eigenvalue weighted by atomic mass is 9.94. The molecule has 314 valence electrons. The summed E-state index contributed by atoms with van der Waals surface area (Å²) < 4.78 is 1.79. The van der Waals surface area contributed by atoms with Gasteiger partial charge in [0.2, 0.25) is 17.8 Å². The van der Waals surface area contributed by atoms with Crippen LogP contribution >= 0.6 is 0 Å². The quantitative estimate of drug-likeness (QED) is 0.167. The van der Waals surface area contributed by atoms with Crippen molar-refractivity contribution in [3.63, 3.8) is 0 Å². The number of aromatic nitrogens is 4. The Balaban J connectivity index is 0.722. The Morgan fingerprint density at radius 2 is 1.62 bits per heavy atom. The van der Waals surface area contributed by atoms with Crippen molar-refractivity contribution in [2.75, 3.05) is 54.8 Å². The topological polar surface area (TPSA) is 161 Å². The summed E-state index contributed by atoms with van der Waals surface area (Å²) in [5.41, 5.74) is 9.42. The molecule has 5 aliphatic rings. The van der Waals surface area contributed by atoms with Gasteiger partial charge >= 0.3 is 0 Å². The van der Waals surface area contributed by atoms with Crippen molar-refractivity contribution in [1.82, 2.24) is 39.8 Å². The van der Waals surface area contributed by atoms with Crippen LogP contribution in [0.3, 0.4) is 0 Å². The van der Waals surface area contributed by atoms with Crippen molar-refractivity contribution in [3.8, 4) is 0 Å². The normalized spacial score (nSPS) is 21.3. The number of fused-ring (bicyclic) bond motifs is 3. The minimum Gasteiger partial charge on any atom is -0.371 e. The van der Waals surface area contributed by atoms with Crippen molar-refractivity contribution in [2.24, 2.45) is 13.0 Å². The number of amides is 4. The van der Waals surface area contributed by atoms with Crippen LogP contribution in [0.15, 0.2) is 60.8 Å². The lowest BCUT2D eigenvalue weighted by Crippen LogP contribution is -2.54. The van der Waals surface area contributed by atoms with E-state index < -0.39 is 23.8 Å². The number of likely N-dealkylation sites (tertiary alicyclic amines) is 1. The van der Waals surface area contributed by atoms with Gasteiger partial charge in [-0.15, -0.1) is 0 Å². The summed E-state index contributed by atoms with van der Waals surface area (Å²) >= 11 is 0. The standard InChI is InChI=1S/C46H51N11O4/c1-27-5-4-6-28(2)40(27)50-41-37-23-47-46(51-42(37)53(3)52-41)48-32-8-7-30-14-20-56(26-31(30)21-32)33-15-17-54(18-16-33)24-29-13-19-55(25-29)34-9-10-35-36(22-34)45(61)57(44(35)60)38-11-12-39(58)49-43(38)59/h4-10,21-23,29,33,38H,11-20,24-26H2,1-3H3,(H,50,52)(H,47,48,51)(H,49,58,59). The highest BCUT2D eigenvalue weighted by Crippen LogP contribution is 2.34. The third-order valence-corrected chi connectivity index (χ3v) is 13.5. The van der Waals surface area contributed by atoms with Gasteiger partial charge in [0.1, 0.15) is 6.04 Å². The largest absolute Gasteiger partial charge is 0.371 e. The molecule has 3 fully saturated rings. The fraction of sp³-hybridized carbons (Fsp3) is 0.413.